The van der Waals surface area contributed by atoms with Crippen LogP contribution in [0.1, 0.15) is 65.2 Å². The van der Waals surface area contributed by atoms with Gasteiger partial charge in [0.15, 0.2) is 0 Å². The molecule has 1 heterocycles. The number of rotatable bonds is 5. The van der Waals surface area contributed by atoms with E-state index in [0.29, 0.717) is 0 Å². The van der Waals surface area contributed by atoms with E-state index in [0.717, 1.165) is 22.2 Å². The molecule has 6 nitrogen and oxygen atoms in total. The van der Waals surface area contributed by atoms with Crippen LogP contribution in [0.4, 0.5) is 4.79 Å². The van der Waals surface area contributed by atoms with Gasteiger partial charge in [-0.3, -0.25) is 0 Å². The molecule has 29 heavy (non-hydrogen) atoms. The molecule has 1 amide bonds. The Morgan fingerprint density at radius 3 is 2.31 bits per heavy atom. The molecule has 0 bridgehead atoms. The van der Waals surface area contributed by atoms with Gasteiger partial charge in [-0.2, -0.15) is 0 Å². The maximum Gasteiger partial charge on any atom is 0.492 e. The van der Waals surface area contributed by atoms with Crippen molar-refractivity contribution < 1.29 is 23.9 Å². The highest BCUT2D eigenvalue weighted by Crippen LogP contribution is 2.39. The van der Waals surface area contributed by atoms with Crippen molar-refractivity contribution in [3.8, 4) is 0 Å². The molecule has 1 aromatic rings. The second-order valence-corrected chi connectivity index (χ2v) is 9.45. The fourth-order valence-corrected chi connectivity index (χ4v) is 2.92. The summed E-state index contributed by atoms with van der Waals surface area (Å²) in [6.07, 6.45) is 1.45. The van der Waals surface area contributed by atoms with E-state index >= 15 is 0 Å². The third-order valence-electron chi connectivity index (χ3n) is 5.39. The molecular formula is C22H34BNO5. The number of hydrogen-bond acceptors (Lipinski definition) is 5. The molecule has 0 aromatic heterocycles. The quantitative estimate of drug-likeness (QED) is 0.726. The largest absolute Gasteiger partial charge is 0.492 e. The minimum absolute atomic E-state index is 0.0322. The van der Waals surface area contributed by atoms with Gasteiger partial charge < -0.3 is 24.5 Å². The van der Waals surface area contributed by atoms with Crippen molar-refractivity contribution in [2.24, 2.45) is 0 Å². The van der Waals surface area contributed by atoms with Gasteiger partial charge >= 0.3 is 13.2 Å². The number of carbonyl (C=O) groups excluding carboxylic acids is 1. The number of ether oxygens (including phenoxy) is 1. The van der Waals surface area contributed by atoms with Gasteiger partial charge in [0.25, 0.3) is 0 Å². The van der Waals surface area contributed by atoms with Gasteiger partial charge in [0.05, 0.1) is 17.8 Å². The molecule has 160 valence electrons. The molecule has 1 aliphatic rings. The normalized spacial score (nSPS) is 18.7. The van der Waals surface area contributed by atoms with Crippen LogP contribution in [0.15, 0.2) is 23.7 Å². The van der Waals surface area contributed by atoms with E-state index < -0.39 is 30.0 Å². The first-order valence-corrected chi connectivity index (χ1v) is 9.98. The third kappa shape index (κ3) is 5.84. The van der Waals surface area contributed by atoms with Crippen LogP contribution in [0, 0.1) is 6.92 Å². The Balaban J connectivity index is 2.33. The van der Waals surface area contributed by atoms with Crippen LogP contribution >= 0.6 is 0 Å². The minimum Gasteiger partial charge on any atom is -0.444 e. The van der Waals surface area contributed by atoms with E-state index in [1.807, 2.05) is 79.7 Å². The van der Waals surface area contributed by atoms with E-state index in [-0.39, 0.29) is 13.2 Å². The Morgan fingerprint density at radius 2 is 1.79 bits per heavy atom. The average molecular weight is 403 g/mol. The molecule has 1 aromatic carbocycles. The van der Waals surface area contributed by atoms with Gasteiger partial charge in [-0.05, 0) is 77.6 Å². The zero-order valence-corrected chi connectivity index (χ0v) is 18.9. The molecule has 0 saturated carbocycles. The van der Waals surface area contributed by atoms with Gasteiger partial charge in [0.1, 0.15) is 5.60 Å². The van der Waals surface area contributed by atoms with Crippen LogP contribution in [-0.2, 0) is 20.7 Å². The number of alkyl carbamates (subject to hydrolysis) is 1. The zero-order chi connectivity index (χ0) is 22.0. The maximum absolute atomic E-state index is 12.2. The van der Waals surface area contributed by atoms with Gasteiger partial charge in [0, 0.05) is 6.54 Å². The van der Waals surface area contributed by atoms with E-state index in [4.69, 9.17) is 14.0 Å². The molecular weight excluding hydrogens is 369 g/mol. The van der Waals surface area contributed by atoms with E-state index in [1.54, 1.807) is 0 Å². The summed E-state index contributed by atoms with van der Waals surface area (Å²) in [5.41, 5.74) is 1.97. The first kappa shape index (κ1) is 23.5. The van der Waals surface area contributed by atoms with Crippen molar-refractivity contribution in [3.63, 3.8) is 0 Å². The molecule has 2 rings (SSSR count). The molecule has 0 atom stereocenters. The monoisotopic (exact) mass is 403 g/mol. The van der Waals surface area contributed by atoms with Crippen LogP contribution in [0.3, 0.4) is 0 Å². The summed E-state index contributed by atoms with van der Waals surface area (Å²) in [7, 11) is -0.605. The molecule has 7 heteroatoms. The van der Waals surface area contributed by atoms with E-state index in [2.05, 4.69) is 5.32 Å². The highest BCUT2D eigenvalue weighted by atomic mass is 16.7. The second kappa shape index (κ2) is 8.50. The molecule has 2 N–H and O–H groups in total. The molecule has 1 fully saturated rings. The van der Waals surface area contributed by atoms with Gasteiger partial charge in [0.2, 0.25) is 0 Å². The van der Waals surface area contributed by atoms with Crippen LogP contribution in [-0.4, -0.2) is 41.7 Å². The third-order valence-corrected chi connectivity index (χ3v) is 5.39. The molecule has 1 aliphatic heterocycles. The number of hydrogen-bond donors (Lipinski definition) is 2. The van der Waals surface area contributed by atoms with Gasteiger partial charge in [-0.25, -0.2) is 4.79 Å². The summed E-state index contributed by atoms with van der Waals surface area (Å²) in [6.45, 7) is 15.6. The lowest BCUT2D eigenvalue weighted by Crippen LogP contribution is -2.41. The van der Waals surface area contributed by atoms with E-state index in [1.165, 1.54) is 0 Å². The fourth-order valence-electron chi connectivity index (χ4n) is 2.92. The lowest BCUT2D eigenvalue weighted by molar-refractivity contribution is 0.00578. The van der Waals surface area contributed by atoms with Crippen molar-refractivity contribution in [3.05, 3.63) is 40.4 Å². The smallest absolute Gasteiger partial charge is 0.444 e. The Morgan fingerprint density at radius 1 is 1.21 bits per heavy atom. The van der Waals surface area contributed by atoms with Crippen LogP contribution < -0.4 is 5.32 Å². The van der Waals surface area contributed by atoms with Crippen LogP contribution in [0.25, 0.3) is 6.08 Å². The van der Waals surface area contributed by atoms with E-state index in [9.17, 15) is 9.90 Å². The first-order valence-electron chi connectivity index (χ1n) is 9.98. The molecule has 0 spiro atoms. The second-order valence-electron chi connectivity index (χ2n) is 9.45. The summed E-state index contributed by atoms with van der Waals surface area (Å²) < 4.78 is 17.7. The number of benzene rings is 1. The topological polar surface area (TPSA) is 77.0 Å². The summed E-state index contributed by atoms with van der Waals surface area (Å²) >= 11 is 0. The number of carbonyl (C=O) groups is 1. The lowest BCUT2D eigenvalue weighted by Gasteiger charge is -2.32. The summed E-state index contributed by atoms with van der Waals surface area (Å²) in [4.78, 5) is 12.2. The van der Waals surface area contributed by atoms with Gasteiger partial charge in [-0.15, -0.1) is 0 Å². The highest BCUT2D eigenvalue weighted by molar-refractivity contribution is 6.56. The Bertz CT molecular complexity index is 764. The SMILES string of the molecule is Cc1c(C=C(CNC(=O)OC(C)(C)C)B2OC(C)(C)C(C)(C)O2)cccc1CO. The van der Waals surface area contributed by atoms with Crippen molar-refractivity contribution in [1.29, 1.82) is 0 Å². The molecule has 0 radical (unpaired) electrons. The van der Waals surface area contributed by atoms with Crippen molar-refractivity contribution in [1.82, 2.24) is 5.32 Å². The lowest BCUT2D eigenvalue weighted by atomic mass is 9.76. The number of nitrogens with one attached hydrogen (secondary N) is 1. The molecule has 0 aliphatic carbocycles. The number of aliphatic hydroxyl groups excluding tert-OH is 1. The fraction of sp³-hybridized carbons (Fsp3) is 0.591. The standard InChI is InChI=1S/C22H34BNO5/c1-15-16(10-9-11-17(15)14-25)12-18(13-24-19(26)27-20(2,3)4)23-28-21(5,6)22(7,8)29-23/h9-12,25H,13-14H2,1-8H3,(H,24,26). The summed E-state index contributed by atoms with van der Waals surface area (Å²) in [5, 5.41) is 12.4. The van der Waals surface area contributed by atoms with Crippen LogP contribution in [0.5, 0.6) is 0 Å². The minimum atomic E-state index is -0.605. The summed E-state index contributed by atoms with van der Waals surface area (Å²) in [6, 6.07) is 5.75. The summed E-state index contributed by atoms with van der Waals surface area (Å²) in [5.74, 6) is 0. The zero-order valence-electron chi connectivity index (χ0n) is 18.9. The van der Waals surface area contributed by atoms with Crippen LogP contribution in [0.2, 0.25) is 0 Å². The Hall–Kier alpha value is -1.83. The highest BCUT2D eigenvalue weighted by Gasteiger charge is 2.52. The number of amides is 1. The predicted octanol–water partition coefficient (Wildman–Crippen LogP) is 4.03. The van der Waals surface area contributed by atoms with Crippen molar-refractivity contribution in [2.75, 3.05) is 6.54 Å². The Kier molecular flexibility index (Phi) is 6.88. The Labute approximate surface area is 174 Å². The first-order chi connectivity index (χ1) is 13.3. The van der Waals surface area contributed by atoms with Crippen molar-refractivity contribution in [2.45, 2.75) is 78.8 Å². The molecule has 1 saturated heterocycles. The van der Waals surface area contributed by atoms with Crippen molar-refractivity contribution >= 4 is 19.3 Å². The number of aliphatic hydroxyl groups is 1. The predicted molar refractivity (Wildman–Crippen MR) is 115 cm³/mol. The maximum atomic E-state index is 12.2. The molecule has 0 unspecified atom stereocenters. The van der Waals surface area contributed by atoms with Gasteiger partial charge in [-0.1, -0.05) is 24.3 Å². The average Bonchev–Trinajstić information content (AvgIpc) is 2.79.